The van der Waals surface area contributed by atoms with Gasteiger partial charge in [-0.1, -0.05) is 0 Å². The summed E-state index contributed by atoms with van der Waals surface area (Å²) in [5.74, 6) is 0.747. The van der Waals surface area contributed by atoms with Gasteiger partial charge in [-0.2, -0.15) is 5.10 Å². The minimum atomic E-state index is -0.356. The second-order valence-corrected chi connectivity index (χ2v) is 9.53. The Morgan fingerprint density at radius 2 is 1.95 bits per heavy atom. The van der Waals surface area contributed by atoms with E-state index in [1.807, 2.05) is 42.1 Å². The lowest BCUT2D eigenvalue weighted by Gasteiger charge is -2.15. The van der Waals surface area contributed by atoms with Gasteiger partial charge in [-0.3, -0.25) is 19.5 Å². The Morgan fingerprint density at radius 3 is 2.78 bits per heavy atom. The van der Waals surface area contributed by atoms with Crippen LogP contribution in [0.5, 0.6) is 0 Å². The molecule has 0 radical (unpaired) electrons. The van der Waals surface area contributed by atoms with Crippen molar-refractivity contribution >= 4 is 21.9 Å². The fourth-order valence-electron chi connectivity index (χ4n) is 5.15. The highest BCUT2D eigenvalue weighted by Crippen LogP contribution is 2.34. The van der Waals surface area contributed by atoms with Gasteiger partial charge in [-0.15, -0.1) is 0 Å². The van der Waals surface area contributed by atoms with Crippen LogP contribution in [0.2, 0.25) is 0 Å². The number of likely N-dealkylation sites (tertiary alicyclic amines) is 1. The summed E-state index contributed by atoms with van der Waals surface area (Å²) in [6.45, 7) is 4.93. The zero-order chi connectivity index (χ0) is 24.9. The summed E-state index contributed by atoms with van der Waals surface area (Å²) in [7, 11) is 0. The normalized spacial score (nSPS) is 14.3. The van der Waals surface area contributed by atoms with E-state index in [0.29, 0.717) is 39.3 Å². The molecule has 10 heteroatoms. The van der Waals surface area contributed by atoms with Crippen molar-refractivity contribution in [3.63, 3.8) is 0 Å². The molecule has 6 heterocycles. The van der Waals surface area contributed by atoms with E-state index in [9.17, 15) is 0 Å². The summed E-state index contributed by atoms with van der Waals surface area (Å²) < 4.78 is 17.9. The average molecular weight is 494 g/mol. The van der Waals surface area contributed by atoms with Crippen LogP contribution in [-0.4, -0.2) is 57.7 Å². The highest BCUT2D eigenvalue weighted by atomic mass is 19.1. The number of aromatic amines is 2. The maximum Gasteiger partial charge on any atom is 0.166 e. The number of nitrogens with zero attached hydrogens (tertiary/aromatic N) is 7. The molecule has 6 aromatic rings. The van der Waals surface area contributed by atoms with E-state index in [-0.39, 0.29) is 5.82 Å². The van der Waals surface area contributed by atoms with Gasteiger partial charge in [0.15, 0.2) is 11.6 Å². The Morgan fingerprint density at radius 1 is 1.05 bits per heavy atom. The fourth-order valence-corrected chi connectivity index (χ4v) is 5.15. The Kier molecular flexibility index (Phi) is 5.07. The first-order valence-electron chi connectivity index (χ1n) is 12.3. The number of nitrogens with one attached hydrogen (secondary N) is 2. The smallest absolute Gasteiger partial charge is 0.166 e. The van der Waals surface area contributed by atoms with E-state index in [1.165, 1.54) is 12.8 Å². The summed E-state index contributed by atoms with van der Waals surface area (Å²) in [5.41, 5.74) is 5.63. The number of hydrogen-bond donors (Lipinski definition) is 2. The molecule has 37 heavy (non-hydrogen) atoms. The second kappa shape index (κ2) is 8.59. The molecule has 0 aliphatic carbocycles. The predicted octanol–water partition coefficient (Wildman–Crippen LogP) is 4.79. The number of rotatable bonds is 5. The third-order valence-electron chi connectivity index (χ3n) is 6.94. The minimum absolute atomic E-state index is 0.356. The van der Waals surface area contributed by atoms with E-state index in [2.05, 4.69) is 35.0 Å². The largest absolute Gasteiger partial charge is 0.336 e. The molecule has 1 saturated heterocycles. The van der Waals surface area contributed by atoms with Crippen LogP contribution in [0, 0.1) is 12.7 Å². The van der Waals surface area contributed by atoms with Crippen molar-refractivity contribution in [2.75, 3.05) is 13.1 Å². The summed E-state index contributed by atoms with van der Waals surface area (Å²) in [6, 6.07) is 7.49. The molecule has 0 spiro atoms. The highest BCUT2D eigenvalue weighted by molar-refractivity contribution is 5.97. The Bertz CT molecular complexity index is 1760. The molecular weight excluding hydrogens is 469 g/mol. The molecule has 0 unspecified atom stereocenters. The van der Waals surface area contributed by atoms with E-state index < -0.39 is 0 Å². The fraction of sp³-hybridized carbons (Fsp3) is 0.222. The van der Waals surface area contributed by atoms with Gasteiger partial charge in [0.2, 0.25) is 0 Å². The quantitative estimate of drug-likeness (QED) is 0.358. The maximum absolute atomic E-state index is 16.1. The van der Waals surface area contributed by atoms with Crippen LogP contribution < -0.4 is 0 Å². The van der Waals surface area contributed by atoms with Gasteiger partial charge in [0.25, 0.3) is 0 Å². The summed E-state index contributed by atoms with van der Waals surface area (Å²) in [4.78, 5) is 23.7. The van der Waals surface area contributed by atoms with E-state index >= 15 is 4.39 Å². The van der Waals surface area contributed by atoms with Gasteiger partial charge in [-0.25, -0.2) is 19.3 Å². The SMILES string of the molecule is Cc1cn(-c2nccc3[nH]c(-c4n[nH]c5ccc(-c6cncc(CN7CCCC7)c6)c(F)c45)nc23)cn1. The lowest BCUT2D eigenvalue weighted by molar-refractivity contribution is 0.331. The number of aromatic nitrogens is 8. The minimum Gasteiger partial charge on any atom is -0.336 e. The zero-order valence-electron chi connectivity index (χ0n) is 20.2. The van der Waals surface area contributed by atoms with Gasteiger partial charge in [0, 0.05) is 42.5 Å². The summed E-state index contributed by atoms with van der Waals surface area (Å²) in [6.07, 6.45) is 11.3. The average Bonchev–Trinajstić information content (AvgIpc) is 3.70. The lowest BCUT2D eigenvalue weighted by atomic mass is 10.0. The molecular formula is C27H24FN9. The molecule has 2 N–H and O–H groups in total. The third-order valence-corrected chi connectivity index (χ3v) is 6.94. The monoisotopic (exact) mass is 493 g/mol. The van der Waals surface area contributed by atoms with Crippen molar-refractivity contribution < 1.29 is 4.39 Å². The Hall–Kier alpha value is -4.44. The van der Waals surface area contributed by atoms with Gasteiger partial charge in [0.05, 0.1) is 22.1 Å². The highest BCUT2D eigenvalue weighted by Gasteiger charge is 2.21. The number of pyridine rings is 2. The molecule has 5 aromatic heterocycles. The number of H-pyrrole nitrogens is 2. The zero-order valence-corrected chi connectivity index (χ0v) is 20.2. The molecule has 0 amide bonds. The van der Waals surface area contributed by atoms with Crippen molar-refractivity contribution in [1.82, 2.24) is 44.6 Å². The number of halogens is 1. The van der Waals surface area contributed by atoms with Crippen LogP contribution in [0.4, 0.5) is 4.39 Å². The molecule has 1 aliphatic heterocycles. The predicted molar refractivity (Wildman–Crippen MR) is 139 cm³/mol. The van der Waals surface area contributed by atoms with Crippen molar-refractivity contribution in [1.29, 1.82) is 0 Å². The maximum atomic E-state index is 16.1. The molecule has 1 aliphatic rings. The van der Waals surface area contributed by atoms with Crippen molar-refractivity contribution in [3.05, 3.63) is 72.5 Å². The molecule has 7 rings (SSSR count). The van der Waals surface area contributed by atoms with Crippen LogP contribution in [0.3, 0.4) is 0 Å². The van der Waals surface area contributed by atoms with Crippen molar-refractivity contribution in [3.8, 4) is 28.5 Å². The summed E-state index contributed by atoms with van der Waals surface area (Å²) in [5, 5.41) is 7.77. The number of benzene rings is 1. The van der Waals surface area contributed by atoms with Gasteiger partial charge >= 0.3 is 0 Å². The standard InChI is InChI=1S/C27H24FN9/c1-16-13-37(15-31-16)27-24-21(6-7-30-27)32-26(33-24)25-22-20(34-35-25)5-4-19(23(22)28)18-10-17(11-29-12-18)14-36-8-2-3-9-36/h4-7,10-13,15H,2-3,8-9,14H2,1H3,(H,32,33)(H,34,35). The van der Waals surface area contributed by atoms with Crippen LogP contribution in [-0.2, 0) is 6.54 Å². The second-order valence-electron chi connectivity index (χ2n) is 9.53. The number of imidazole rings is 2. The van der Waals surface area contributed by atoms with Gasteiger partial charge in [-0.05, 0) is 62.7 Å². The van der Waals surface area contributed by atoms with Crippen molar-refractivity contribution in [2.45, 2.75) is 26.3 Å². The van der Waals surface area contributed by atoms with Gasteiger partial charge < -0.3 is 4.98 Å². The molecule has 1 fully saturated rings. The van der Waals surface area contributed by atoms with Crippen LogP contribution in [0.1, 0.15) is 24.1 Å². The Labute approximate surface area is 211 Å². The molecule has 0 atom stereocenters. The van der Waals surface area contributed by atoms with Gasteiger partial charge in [0.1, 0.15) is 23.4 Å². The van der Waals surface area contributed by atoms with Crippen LogP contribution in [0.25, 0.3) is 50.4 Å². The van der Waals surface area contributed by atoms with E-state index in [1.54, 1.807) is 24.8 Å². The number of aryl methyl sites for hydroxylation is 1. The lowest BCUT2D eigenvalue weighted by Crippen LogP contribution is -2.18. The molecule has 1 aromatic carbocycles. The molecule has 0 saturated carbocycles. The van der Waals surface area contributed by atoms with Crippen molar-refractivity contribution in [2.24, 2.45) is 0 Å². The summed E-state index contributed by atoms with van der Waals surface area (Å²) >= 11 is 0. The number of fused-ring (bicyclic) bond motifs is 2. The molecule has 0 bridgehead atoms. The number of hydrogen-bond acceptors (Lipinski definition) is 6. The first-order valence-corrected chi connectivity index (χ1v) is 12.3. The first-order chi connectivity index (χ1) is 18.1. The third kappa shape index (κ3) is 3.77. The first kappa shape index (κ1) is 21.8. The molecule has 184 valence electrons. The van der Waals surface area contributed by atoms with E-state index in [4.69, 9.17) is 4.98 Å². The van der Waals surface area contributed by atoms with Crippen LogP contribution in [0.15, 0.2) is 55.4 Å². The van der Waals surface area contributed by atoms with E-state index in [0.717, 1.165) is 42.0 Å². The molecule has 9 nitrogen and oxygen atoms in total. The topological polar surface area (TPSA) is 104 Å². The van der Waals surface area contributed by atoms with Crippen LogP contribution >= 0.6 is 0 Å². The Balaban J connectivity index is 1.31.